The first-order valence-corrected chi connectivity index (χ1v) is 12.0. The largest absolute Gasteiger partial charge is 0.416 e. The average Bonchev–Trinajstić information content (AvgIpc) is 3.11. The lowest BCUT2D eigenvalue weighted by molar-refractivity contribution is -0.137. The molecule has 33 heavy (non-hydrogen) atoms. The summed E-state index contributed by atoms with van der Waals surface area (Å²) in [4.78, 5) is 2.25. The molecule has 0 saturated heterocycles. The smallest absolute Gasteiger partial charge is 0.342 e. The van der Waals surface area contributed by atoms with Gasteiger partial charge in [0.15, 0.2) is 0 Å². The van der Waals surface area contributed by atoms with Crippen LogP contribution in [-0.2, 0) is 22.7 Å². The highest BCUT2D eigenvalue weighted by Crippen LogP contribution is 2.30. The Balaban J connectivity index is 1.61. The van der Waals surface area contributed by atoms with E-state index >= 15 is 0 Å². The number of para-hydroxylation sites is 1. The molecule has 4 rings (SSSR count). The van der Waals surface area contributed by atoms with Crippen LogP contribution in [0, 0.1) is 0 Å². The normalized spacial score (nSPS) is 12.5. The van der Waals surface area contributed by atoms with Gasteiger partial charge in [-0.1, -0.05) is 46.3 Å². The quantitative estimate of drug-likeness (QED) is 0.251. The Morgan fingerprint density at radius 1 is 1.00 bits per heavy atom. The zero-order valence-electron chi connectivity index (χ0n) is 16.9. The van der Waals surface area contributed by atoms with E-state index in [-0.39, 0.29) is 11.4 Å². The molecule has 10 heteroatoms. The highest BCUT2D eigenvalue weighted by atomic mass is 79.9. The number of alkyl halides is 3. The predicted octanol–water partition coefficient (Wildman–Crippen LogP) is 5.78. The van der Waals surface area contributed by atoms with E-state index in [4.69, 9.17) is 0 Å². The number of halogens is 4. The van der Waals surface area contributed by atoms with Crippen molar-refractivity contribution in [3.05, 3.63) is 100 Å². The van der Waals surface area contributed by atoms with Gasteiger partial charge in [-0.25, -0.2) is 4.83 Å². The summed E-state index contributed by atoms with van der Waals surface area (Å²) in [6.07, 6.45) is -1.32. The fourth-order valence-electron chi connectivity index (χ4n) is 3.38. The molecule has 0 unspecified atom stereocenters. The van der Waals surface area contributed by atoms with Crippen LogP contribution in [0.1, 0.15) is 16.7 Å². The van der Waals surface area contributed by atoms with Gasteiger partial charge in [0.05, 0.1) is 16.7 Å². The molecule has 1 aromatic heterocycles. The molecule has 0 spiro atoms. The van der Waals surface area contributed by atoms with Crippen LogP contribution in [0.2, 0.25) is 0 Å². The molecule has 170 valence electrons. The van der Waals surface area contributed by atoms with E-state index in [0.717, 1.165) is 27.5 Å². The number of nitrogens with zero attached hydrogens (tertiary/aromatic N) is 2. The molecule has 0 fully saturated rings. The minimum atomic E-state index is -4.42. The van der Waals surface area contributed by atoms with Gasteiger partial charge in [0.25, 0.3) is 10.0 Å². The van der Waals surface area contributed by atoms with Crippen LogP contribution in [0.5, 0.6) is 0 Å². The van der Waals surface area contributed by atoms with Crippen molar-refractivity contribution in [2.75, 3.05) is 0 Å². The highest BCUT2D eigenvalue weighted by Gasteiger charge is 2.30. The molecule has 1 heterocycles. The molecule has 0 atom stereocenters. The van der Waals surface area contributed by atoms with Crippen LogP contribution < -0.4 is 4.83 Å². The standard InChI is InChI=1S/C23H17BrF3N3O2S/c24-19-8-10-20(11-9-19)33(31,32)29-28-13-17-15-30(22-7-2-1-6-21(17)22)14-16-4-3-5-18(12-16)23(25,26)27/h1-13,15,29H,14H2/b28-13+. The molecule has 0 radical (unpaired) electrons. The minimum Gasteiger partial charge on any atom is -0.342 e. The molecule has 1 N–H and O–H groups in total. The minimum absolute atomic E-state index is 0.0647. The van der Waals surface area contributed by atoms with E-state index in [2.05, 4.69) is 25.9 Å². The number of rotatable bonds is 6. The van der Waals surface area contributed by atoms with Crippen LogP contribution in [-0.4, -0.2) is 19.2 Å². The second kappa shape index (κ2) is 9.03. The first-order chi connectivity index (χ1) is 15.6. The molecule has 0 saturated carbocycles. The monoisotopic (exact) mass is 535 g/mol. The lowest BCUT2D eigenvalue weighted by Crippen LogP contribution is -2.18. The molecule has 0 aliphatic heterocycles. The van der Waals surface area contributed by atoms with E-state index < -0.39 is 21.8 Å². The summed E-state index contributed by atoms with van der Waals surface area (Å²) >= 11 is 3.26. The highest BCUT2D eigenvalue weighted by molar-refractivity contribution is 9.10. The van der Waals surface area contributed by atoms with Gasteiger partial charge in [0.2, 0.25) is 0 Å². The van der Waals surface area contributed by atoms with Crippen molar-refractivity contribution in [1.82, 2.24) is 9.40 Å². The molecule has 5 nitrogen and oxygen atoms in total. The van der Waals surface area contributed by atoms with Gasteiger partial charge in [-0.05, 0) is 48.0 Å². The van der Waals surface area contributed by atoms with Crippen molar-refractivity contribution >= 4 is 43.1 Å². The van der Waals surface area contributed by atoms with Gasteiger partial charge < -0.3 is 4.57 Å². The Labute approximate surface area is 196 Å². The Hall–Kier alpha value is -3.11. The molecule has 0 amide bonds. The zero-order chi connectivity index (χ0) is 23.6. The van der Waals surface area contributed by atoms with E-state index in [1.165, 1.54) is 24.4 Å². The number of nitrogens with one attached hydrogen (secondary N) is 1. The van der Waals surface area contributed by atoms with Crippen molar-refractivity contribution in [2.24, 2.45) is 5.10 Å². The first-order valence-electron chi connectivity index (χ1n) is 9.68. The molecule has 4 aromatic rings. The number of aromatic nitrogens is 1. The van der Waals surface area contributed by atoms with E-state index in [1.807, 2.05) is 24.3 Å². The van der Waals surface area contributed by atoms with Crippen molar-refractivity contribution in [2.45, 2.75) is 17.6 Å². The Bertz CT molecular complexity index is 1430. The molecule has 0 aliphatic rings. The lowest BCUT2D eigenvalue weighted by Gasteiger charge is -2.10. The van der Waals surface area contributed by atoms with Gasteiger partial charge in [0.1, 0.15) is 0 Å². The van der Waals surface area contributed by atoms with Gasteiger partial charge in [-0.2, -0.15) is 26.7 Å². The third kappa shape index (κ3) is 5.28. The van der Waals surface area contributed by atoms with E-state index in [0.29, 0.717) is 11.1 Å². The van der Waals surface area contributed by atoms with Gasteiger partial charge in [0, 0.05) is 33.7 Å². The van der Waals surface area contributed by atoms with Gasteiger partial charge in [-0.15, -0.1) is 0 Å². The number of benzene rings is 3. The second-order valence-electron chi connectivity index (χ2n) is 7.23. The average molecular weight is 536 g/mol. The maximum atomic E-state index is 13.1. The lowest BCUT2D eigenvalue weighted by atomic mass is 10.1. The topological polar surface area (TPSA) is 63.5 Å². The summed E-state index contributed by atoms with van der Waals surface area (Å²) in [5.74, 6) is 0. The first kappa shape index (κ1) is 23.1. The van der Waals surface area contributed by atoms with Crippen molar-refractivity contribution in [1.29, 1.82) is 0 Å². The van der Waals surface area contributed by atoms with Crippen molar-refractivity contribution in [3.63, 3.8) is 0 Å². The molecular weight excluding hydrogens is 519 g/mol. The van der Waals surface area contributed by atoms with Gasteiger partial charge in [-0.3, -0.25) is 0 Å². The van der Waals surface area contributed by atoms with Crippen LogP contribution in [0.15, 0.2) is 93.5 Å². The number of hydrazone groups is 1. The number of hydrogen-bond acceptors (Lipinski definition) is 3. The fourth-order valence-corrected chi connectivity index (χ4v) is 4.44. The molecular formula is C23H17BrF3N3O2S. The SMILES string of the molecule is O=S(=O)(N/N=C/c1cn(Cc2cccc(C(F)(F)F)c2)c2ccccc12)c1ccc(Br)cc1. The summed E-state index contributed by atoms with van der Waals surface area (Å²) in [7, 11) is -3.84. The predicted molar refractivity (Wildman–Crippen MR) is 125 cm³/mol. The summed E-state index contributed by atoms with van der Waals surface area (Å²) in [5.41, 5.74) is 1.19. The second-order valence-corrected chi connectivity index (χ2v) is 9.81. The zero-order valence-corrected chi connectivity index (χ0v) is 19.3. The Morgan fingerprint density at radius 2 is 1.73 bits per heavy atom. The third-order valence-electron chi connectivity index (χ3n) is 4.93. The van der Waals surface area contributed by atoms with E-state index in [1.54, 1.807) is 29.0 Å². The van der Waals surface area contributed by atoms with Gasteiger partial charge >= 0.3 is 6.18 Å². The number of sulfonamides is 1. The number of hydrogen-bond donors (Lipinski definition) is 1. The summed E-state index contributed by atoms with van der Waals surface area (Å²) in [5, 5.41) is 4.68. The van der Waals surface area contributed by atoms with Crippen LogP contribution in [0.3, 0.4) is 0 Å². The Morgan fingerprint density at radius 3 is 2.45 bits per heavy atom. The van der Waals surface area contributed by atoms with Crippen LogP contribution in [0.25, 0.3) is 10.9 Å². The maximum absolute atomic E-state index is 13.1. The van der Waals surface area contributed by atoms with E-state index in [9.17, 15) is 21.6 Å². The number of fused-ring (bicyclic) bond motifs is 1. The maximum Gasteiger partial charge on any atom is 0.416 e. The van der Waals surface area contributed by atoms with Crippen molar-refractivity contribution < 1.29 is 21.6 Å². The summed E-state index contributed by atoms with van der Waals surface area (Å²) in [6.45, 7) is 0.211. The molecule has 0 bridgehead atoms. The summed E-state index contributed by atoms with van der Waals surface area (Å²) < 4.78 is 66.6. The van der Waals surface area contributed by atoms with Crippen LogP contribution in [0.4, 0.5) is 13.2 Å². The van der Waals surface area contributed by atoms with Crippen LogP contribution >= 0.6 is 15.9 Å². The Kier molecular flexibility index (Phi) is 6.31. The van der Waals surface area contributed by atoms with Crippen molar-refractivity contribution in [3.8, 4) is 0 Å². The fraction of sp³-hybridized carbons (Fsp3) is 0.0870. The summed E-state index contributed by atoms with van der Waals surface area (Å²) in [6, 6.07) is 18.6. The third-order valence-corrected chi connectivity index (χ3v) is 6.69. The molecule has 3 aromatic carbocycles. The molecule has 0 aliphatic carbocycles.